The first-order valence-corrected chi connectivity index (χ1v) is 5.56. The van der Waals surface area contributed by atoms with Gasteiger partial charge in [-0.15, -0.1) is 0 Å². The molecule has 0 aliphatic rings. The molecule has 3 nitrogen and oxygen atoms in total. The number of aromatic nitrogens is 1. The van der Waals surface area contributed by atoms with Gasteiger partial charge in [-0.2, -0.15) is 0 Å². The molecule has 1 heterocycles. The van der Waals surface area contributed by atoms with Gasteiger partial charge in [0.1, 0.15) is 0 Å². The van der Waals surface area contributed by atoms with Crippen molar-refractivity contribution < 1.29 is 10.2 Å². The van der Waals surface area contributed by atoms with Crippen LogP contribution in [0.15, 0.2) is 42.6 Å². The molecule has 0 aliphatic heterocycles. The third-order valence-corrected chi connectivity index (χ3v) is 2.72. The van der Waals surface area contributed by atoms with Crippen molar-refractivity contribution >= 4 is 0 Å². The van der Waals surface area contributed by atoms with E-state index in [0.29, 0.717) is 0 Å². The summed E-state index contributed by atoms with van der Waals surface area (Å²) in [5.74, 6) is 0. The summed E-state index contributed by atoms with van der Waals surface area (Å²) in [5, 5.41) is 18.3. The molecule has 2 aromatic rings. The lowest BCUT2D eigenvalue weighted by Crippen LogP contribution is -1.98. The van der Waals surface area contributed by atoms with Crippen LogP contribution in [0.5, 0.6) is 0 Å². The molecule has 0 radical (unpaired) electrons. The maximum Gasteiger partial charge on any atom is 0.0685 e. The summed E-state index contributed by atoms with van der Waals surface area (Å²) in [6, 6.07) is 11.5. The zero-order valence-electron chi connectivity index (χ0n) is 9.50. The topological polar surface area (TPSA) is 53.4 Å². The van der Waals surface area contributed by atoms with Crippen LogP contribution in [-0.4, -0.2) is 15.2 Å². The molecule has 3 heteroatoms. The molecule has 1 aromatic carbocycles. The zero-order chi connectivity index (χ0) is 12.1. The van der Waals surface area contributed by atoms with E-state index in [9.17, 15) is 5.11 Å². The predicted molar refractivity (Wildman–Crippen MR) is 65.3 cm³/mol. The van der Waals surface area contributed by atoms with E-state index in [0.717, 1.165) is 28.8 Å². The van der Waals surface area contributed by atoms with E-state index < -0.39 is 0 Å². The smallest absolute Gasteiger partial charge is 0.0685 e. The quantitative estimate of drug-likeness (QED) is 0.838. The van der Waals surface area contributed by atoms with Gasteiger partial charge < -0.3 is 10.2 Å². The Kier molecular flexibility index (Phi) is 3.85. The zero-order valence-corrected chi connectivity index (χ0v) is 9.50. The van der Waals surface area contributed by atoms with Crippen LogP contribution in [0.25, 0.3) is 0 Å². The van der Waals surface area contributed by atoms with Crippen molar-refractivity contribution in [1.29, 1.82) is 0 Å². The van der Waals surface area contributed by atoms with Gasteiger partial charge >= 0.3 is 0 Å². The molecule has 1 aromatic heterocycles. The summed E-state index contributed by atoms with van der Waals surface area (Å²) >= 11 is 0. The van der Waals surface area contributed by atoms with Gasteiger partial charge in [0, 0.05) is 18.3 Å². The largest absolute Gasteiger partial charge is 0.392 e. The number of nitrogens with zero attached hydrogens (tertiary/aromatic N) is 1. The lowest BCUT2D eigenvalue weighted by molar-refractivity contribution is 0.260. The molecular weight excluding hydrogens is 214 g/mol. The van der Waals surface area contributed by atoms with Crippen molar-refractivity contribution in [2.75, 3.05) is 0 Å². The Labute approximate surface area is 100 Å². The Hall–Kier alpha value is -1.71. The fourth-order valence-corrected chi connectivity index (χ4v) is 1.80. The van der Waals surface area contributed by atoms with Crippen LogP contribution in [0, 0.1) is 0 Å². The Morgan fingerprint density at radius 2 is 1.76 bits per heavy atom. The van der Waals surface area contributed by atoms with E-state index in [1.165, 1.54) is 0 Å². The molecular formula is C14H15NO2. The molecule has 0 amide bonds. The molecule has 0 saturated heterocycles. The van der Waals surface area contributed by atoms with Crippen molar-refractivity contribution in [2.45, 2.75) is 19.6 Å². The molecule has 0 fully saturated rings. The number of hydrogen-bond donors (Lipinski definition) is 2. The lowest BCUT2D eigenvalue weighted by Gasteiger charge is -2.07. The summed E-state index contributed by atoms with van der Waals surface area (Å²) in [5.41, 5.74) is 3.64. The minimum Gasteiger partial charge on any atom is -0.392 e. The molecule has 0 saturated carbocycles. The third-order valence-electron chi connectivity index (χ3n) is 2.72. The number of aliphatic hydroxyl groups is 2. The molecule has 0 bridgehead atoms. The van der Waals surface area contributed by atoms with E-state index in [1.807, 2.05) is 36.4 Å². The average Bonchev–Trinajstić information content (AvgIpc) is 2.40. The summed E-state index contributed by atoms with van der Waals surface area (Å²) in [6.45, 7) is -0.0916. The molecule has 0 unspecified atom stereocenters. The minimum atomic E-state index is -0.0497. The highest BCUT2D eigenvalue weighted by atomic mass is 16.3. The van der Waals surface area contributed by atoms with E-state index in [4.69, 9.17) is 5.11 Å². The summed E-state index contributed by atoms with van der Waals surface area (Å²) in [7, 11) is 0. The Bertz CT molecular complexity index is 483. The van der Waals surface area contributed by atoms with E-state index in [2.05, 4.69) is 4.98 Å². The standard InChI is InChI=1S/C14H15NO2/c16-9-12-5-4-11(7-13(12)10-17)8-14-3-1-2-6-15-14/h1-7,16-17H,8-10H2. The molecule has 88 valence electrons. The molecule has 17 heavy (non-hydrogen) atoms. The van der Waals surface area contributed by atoms with Crippen molar-refractivity contribution in [3.63, 3.8) is 0 Å². The number of rotatable bonds is 4. The van der Waals surface area contributed by atoms with Gasteiger partial charge in [0.15, 0.2) is 0 Å². The predicted octanol–water partition coefficient (Wildman–Crippen LogP) is 1.66. The fourth-order valence-electron chi connectivity index (χ4n) is 1.80. The Morgan fingerprint density at radius 3 is 2.41 bits per heavy atom. The van der Waals surface area contributed by atoms with Crippen LogP contribution >= 0.6 is 0 Å². The maximum atomic E-state index is 9.21. The van der Waals surface area contributed by atoms with Gasteiger partial charge in [-0.1, -0.05) is 24.3 Å². The second kappa shape index (κ2) is 5.57. The SMILES string of the molecule is OCc1ccc(Cc2ccccn2)cc1CO. The van der Waals surface area contributed by atoms with Crippen LogP contribution in [0.1, 0.15) is 22.4 Å². The number of benzene rings is 1. The molecule has 2 rings (SSSR count). The van der Waals surface area contributed by atoms with E-state index in [1.54, 1.807) is 6.20 Å². The highest BCUT2D eigenvalue weighted by Crippen LogP contribution is 2.15. The molecule has 0 aliphatic carbocycles. The van der Waals surface area contributed by atoms with E-state index in [-0.39, 0.29) is 13.2 Å². The van der Waals surface area contributed by atoms with Crippen LogP contribution < -0.4 is 0 Å². The van der Waals surface area contributed by atoms with Crippen LogP contribution in [0.2, 0.25) is 0 Å². The van der Waals surface area contributed by atoms with Gasteiger partial charge in [-0.25, -0.2) is 0 Å². The van der Waals surface area contributed by atoms with Gasteiger partial charge in [-0.3, -0.25) is 4.98 Å². The third kappa shape index (κ3) is 2.90. The van der Waals surface area contributed by atoms with Crippen LogP contribution in [0.4, 0.5) is 0 Å². The second-order valence-corrected chi connectivity index (χ2v) is 3.92. The van der Waals surface area contributed by atoms with Crippen molar-refractivity contribution in [1.82, 2.24) is 4.98 Å². The molecule has 0 atom stereocenters. The minimum absolute atomic E-state index is 0.0419. The fraction of sp³-hybridized carbons (Fsp3) is 0.214. The van der Waals surface area contributed by atoms with Gasteiger partial charge in [0.05, 0.1) is 13.2 Å². The Balaban J connectivity index is 2.22. The summed E-state index contributed by atoms with van der Waals surface area (Å²) < 4.78 is 0. The van der Waals surface area contributed by atoms with Crippen molar-refractivity contribution in [3.8, 4) is 0 Å². The van der Waals surface area contributed by atoms with Crippen LogP contribution in [-0.2, 0) is 19.6 Å². The molecule has 2 N–H and O–H groups in total. The number of hydrogen-bond acceptors (Lipinski definition) is 3. The first kappa shape index (κ1) is 11.8. The van der Waals surface area contributed by atoms with Gasteiger partial charge in [0.25, 0.3) is 0 Å². The summed E-state index contributed by atoms with van der Waals surface area (Å²) in [4.78, 5) is 4.26. The Morgan fingerprint density at radius 1 is 0.941 bits per heavy atom. The van der Waals surface area contributed by atoms with E-state index >= 15 is 0 Å². The van der Waals surface area contributed by atoms with Crippen LogP contribution in [0.3, 0.4) is 0 Å². The van der Waals surface area contributed by atoms with Gasteiger partial charge in [-0.05, 0) is 28.8 Å². The average molecular weight is 229 g/mol. The molecule has 0 spiro atoms. The first-order valence-electron chi connectivity index (χ1n) is 5.56. The van der Waals surface area contributed by atoms with Gasteiger partial charge in [0.2, 0.25) is 0 Å². The lowest BCUT2D eigenvalue weighted by atomic mass is 10.0. The van der Waals surface area contributed by atoms with Crippen molar-refractivity contribution in [2.24, 2.45) is 0 Å². The number of pyridine rings is 1. The summed E-state index contributed by atoms with van der Waals surface area (Å²) in [6.07, 6.45) is 2.50. The monoisotopic (exact) mass is 229 g/mol. The number of aliphatic hydroxyl groups excluding tert-OH is 2. The normalized spacial score (nSPS) is 10.5. The first-order chi connectivity index (χ1) is 8.33. The highest BCUT2D eigenvalue weighted by molar-refractivity contribution is 5.33. The van der Waals surface area contributed by atoms with Crippen molar-refractivity contribution in [3.05, 3.63) is 65.0 Å². The second-order valence-electron chi connectivity index (χ2n) is 3.92. The maximum absolute atomic E-state index is 9.21. The highest BCUT2D eigenvalue weighted by Gasteiger charge is 2.03.